The van der Waals surface area contributed by atoms with Crippen molar-refractivity contribution in [2.45, 2.75) is 26.7 Å². The molecule has 0 heterocycles. The number of benzene rings is 2. The topological polar surface area (TPSA) is 75.6 Å². The van der Waals surface area contributed by atoms with Crippen LogP contribution in [0.2, 0.25) is 0 Å². The Labute approximate surface area is 141 Å². The lowest BCUT2D eigenvalue weighted by Crippen LogP contribution is -2.13. The number of ether oxygens (including phenoxy) is 1. The first-order valence-corrected chi connectivity index (χ1v) is 7.74. The summed E-state index contributed by atoms with van der Waals surface area (Å²) in [7, 11) is 0. The summed E-state index contributed by atoms with van der Waals surface area (Å²) in [5.41, 5.74) is 4.24. The van der Waals surface area contributed by atoms with Crippen molar-refractivity contribution in [2.24, 2.45) is 0 Å². The molecule has 1 amide bonds. The van der Waals surface area contributed by atoms with Crippen molar-refractivity contribution in [1.82, 2.24) is 0 Å². The number of hydrogen-bond donors (Lipinski definition) is 2. The van der Waals surface area contributed by atoms with E-state index in [9.17, 15) is 9.59 Å². The number of aliphatic carboxylic acids is 1. The Hall–Kier alpha value is -2.82. The molecule has 2 aromatic carbocycles. The molecule has 2 aromatic rings. The lowest BCUT2D eigenvalue weighted by atomic mass is 10.0. The van der Waals surface area contributed by atoms with Gasteiger partial charge in [-0.15, -0.1) is 0 Å². The minimum Gasteiger partial charge on any atom is -0.482 e. The fourth-order valence-electron chi connectivity index (χ4n) is 2.38. The molecule has 0 aliphatic carbocycles. The predicted molar refractivity (Wildman–Crippen MR) is 92.4 cm³/mol. The molecule has 0 aromatic heterocycles. The van der Waals surface area contributed by atoms with Crippen molar-refractivity contribution >= 4 is 17.6 Å². The van der Waals surface area contributed by atoms with E-state index in [4.69, 9.17) is 9.84 Å². The Balaban J connectivity index is 1.84. The standard InChI is InChI=1S/C19H21NO4/c1-13-3-4-15(14(2)11-13)5-10-18(21)20-16-6-8-17(9-7-16)24-12-19(22)23/h3-4,6-9,11H,5,10,12H2,1-2H3,(H,20,21)(H,22,23). The zero-order valence-electron chi connectivity index (χ0n) is 13.8. The molecular weight excluding hydrogens is 306 g/mol. The largest absolute Gasteiger partial charge is 0.482 e. The molecule has 0 atom stereocenters. The van der Waals surface area contributed by atoms with E-state index in [0.717, 1.165) is 0 Å². The van der Waals surface area contributed by atoms with Crippen molar-refractivity contribution in [3.8, 4) is 5.75 Å². The summed E-state index contributed by atoms with van der Waals surface area (Å²) in [5, 5.41) is 11.4. The monoisotopic (exact) mass is 327 g/mol. The van der Waals surface area contributed by atoms with E-state index in [1.54, 1.807) is 24.3 Å². The maximum atomic E-state index is 12.0. The van der Waals surface area contributed by atoms with Crippen LogP contribution in [0, 0.1) is 13.8 Å². The molecule has 5 nitrogen and oxygen atoms in total. The van der Waals surface area contributed by atoms with Crippen molar-refractivity contribution in [3.05, 3.63) is 59.2 Å². The molecule has 0 aliphatic heterocycles. The highest BCUT2D eigenvalue weighted by Gasteiger charge is 2.06. The van der Waals surface area contributed by atoms with E-state index in [0.29, 0.717) is 24.3 Å². The maximum Gasteiger partial charge on any atom is 0.341 e. The minimum atomic E-state index is -1.03. The number of carbonyl (C=O) groups excluding carboxylic acids is 1. The van der Waals surface area contributed by atoms with Crippen LogP contribution in [-0.4, -0.2) is 23.6 Å². The van der Waals surface area contributed by atoms with E-state index in [1.807, 2.05) is 6.92 Å². The summed E-state index contributed by atoms with van der Waals surface area (Å²) >= 11 is 0. The zero-order valence-corrected chi connectivity index (χ0v) is 13.8. The number of hydrogen-bond acceptors (Lipinski definition) is 3. The molecular formula is C19H21NO4. The molecule has 0 bridgehead atoms. The fraction of sp³-hybridized carbons (Fsp3) is 0.263. The number of anilines is 1. The zero-order chi connectivity index (χ0) is 17.5. The molecule has 0 aliphatic rings. The van der Waals surface area contributed by atoms with Gasteiger partial charge in [-0.2, -0.15) is 0 Å². The van der Waals surface area contributed by atoms with Crippen LogP contribution in [0.15, 0.2) is 42.5 Å². The summed E-state index contributed by atoms with van der Waals surface area (Å²) in [6.45, 7) is 3.71. The molecule has 0 spiro atoms. The molecule has 5 heteroatoms. The number of nitrogens with one attached hydrogen (secondary N) is 1. The minimum absolute atomic E-state index is 0.0609. The van der Waals surface area contributed by atoms with Crippen LogP contribution in [0.1, 0.15) is 23.1 Å². The smallest absolute Gasteiger partial charge is 0.341 e. The van der Waals surface area contributed by atoms with Gasteiger partial charge in [0.2, 0.25) is 5.91 Å². The third-order valence-electron chi connectivity index (χ3n) is 3.62. The predicted octanol–water partition coefficient (Wildman–Crippen LogP) is 3.34. The van der Waals surface area contributed by atoms with Gasteiger partial charge in [-0.05, 0) is 55.7 Å². The van der Waals surface area contributed by atoms with Gasteiger partial charge in [0, 0.05) is 12.1 Å². The van der Waals surface area contributed by atoms with Gasteiger partial charge in [0.05, 0.1) is 0 Å². The molecule has 126 valence electrons. The number of carbonyl (C=O) groups is 2. The second-order valence-corrected chi connectivity index (χ2v) is 5.68. The summed E-state index contributed by atoms with van der Waals surface area (Å²) in [6.07, 6.45) is 1.10. The Kier molecular flexibility index (Phi) is 5.95. The van der Waals surface area contributed by atoms with Gasteiger partial charge < -0.3 is 15.2 Å². The van der Waals surface area contributed by atoms with E-state index in [2.05, 4.69) is 30.4 Å². The highest BCUT2D eigenvalue weighted by atomic mass is 16.5. The van der Waals surface area contributed by atoms with E-state index < -0.39 is 5.97 Å². The first kappa shape index (κ1) is 17.5. The van der Waals surface area contributed by atoms with Crippen LogP contribution >= 0.6 is 0 Å². The average Bonchev–Trinajstić information content (AvgIpc) is 2.53. The van der Waals surface area contributed by atoms with Gasteiger partial charge in [0.25, 0.3) is 0 Å². The molecule has 2 rings (SSSR count). The first-order valence-electron chi connectivity index (χ1n) is 7.74. The van der Waals surface area contributed by atoms with E-state index >= 15 is 0 Å². The lowest BCUT2D eigenvalue weighted by Gasteiger charge is -2.09. The molecule has 0 radical (unpaired) electrons. The van der Waals surface area contributed by atoms with Crippen molar-refractivity contribution in [1.29, 1.82) is 0 Å². The molecule has 0 fully saturated rings. The number of aryl methyl sites for hydroxylation is 3. The Bertz CT molecular complexity index is 723. The molecule has 0 saturated heterocycles. The van der Waals surface area contributed by atoms with Crippen LogP contribution < -0.4 is 10.1 Å². The van der Waals surface area contributed by atoms with Crippen LogP contribution in [-0.2, 0) is 16.0 Å². The Morgan fingerprint density at radius 1 is 1.08 bits per heavy atom. The Morgan fingerprint density at radius 2 is 1.79 bits per heavy atom. The first-order chi connectivity index (χ1) is 11.4. The van der Waals surface area contributed by atoms with Gasteiger partial charge in [0.1, 0.15) is 5.75 Å². The summed E-state index contributed by atoms with van der Waals surface area (Å²) < 4.78 is 5.04. The fourth-order valence-corrected chi connectivity index (χ4v) is 2.38. The van der Waals surface area contributed by atoms with Crippen molar-refractivity contribution in [3.63, 3.8) is 0 Å². The van der Waals surface area contributed by atoms with Gasteiger partial charge in [0.15, 0.2) is 6.61 Å². The van der Waals surface area contributed by atoms with Crippen molar-refractivity contribution in [2.75, 3.05) is 11.9 Å². The second kappa shape index (κ2) is 8.15. The summed E-state index contributed by atoms with van der Waals surface area (Å²) in [4.78, 5) is 22.5. The molecule has 0 unspecified atom stereocenters. The van der Waals surface area contributed by atoms with E-state index in [1.165, 1.54) is 16.7 Å². The number of amides is 1. The highest BCUT2D eigenvalue weighted by Crippen LogP contribution is 2.17. The van der Waals surface area contributed by atoms with Gasteiger partial charge >= 0.3 is 5.97 Å². The van der Waals surface area contributed by atoms with E-state index in [-0.39, 0.29) is 12.5 Å². The number of rotatable bonds is 7. The SMILES string of the molecule is Cc1ccc(CCC(=O)Nc2ccc(OCC(=O)O)cc2)c(C)c1. The van der Waals surface area contributed by atoms with Crippen LogP contribution in [0.25, 0.3) is 0 Å². The highest BCUT2D eigenvalue weighted by molar-refractivity contribution is 5.90. The number of carboxylic acids is 1. The van der Waals surface area contributed by atoms with Crippen LogP contribution in [0.4, 0.5) is 5.69 Å². The third-order valence-corrected chi connectivity index (χ3v) is 3.62. The Morgan fingerprint density at radius 3 is 2.42 bits per heavy atom. The van der Waals surface area contributed by atoms with Crippen molar-refractivity contribution < 1.29 is 19.4 Å². The lowest BCUT2D eigenvalue weighted by molar-refractivity contribution is -0.139. The van der Waals surface area contributed by atoms with Crippen LogP contribution in [0.3, 0.4) is 0 Å². The van der Waals surface area contributed by atoms with Crippen LogP contribution in [0.5, 0.6) is 5.75 Å². The number of carboxylic acid groups (broad SMARTS) is 1. The molecule has 24 heavy (non-hydrogen) atoms. The normalized spacial score (nSPS) is 10.2. The van der Waals surface area contributed by atoms with Gasteiger partial charge in [-0.3, -0.25) is 4.79 Å². The second-order valence-electron chi connectivity index (χ2n) is 5.68. The van der Waals surface area contributed by atoms with Gasteiger partial charge in [-0.1, -0.05) is 23.8 Å². The molecule has 2 N–H and O–H groups in total. The summed E-state index contributed by atoms with van der Waals surface area (Å²) in [5.74, 6) is -0.640. The average molecular weight is 327 g/mol. The molecule has 0 saturated carbocycles. The third kappa shape index (κ3) is 5.43. The maximum absolute atomic E-state index is 12.0. The quantitative estimate of drug-likeness (QED) is 0.818. The van der Waals surface area contributed by atoms with Gasteiger partial charge in [-0.25, -0.2) is 4.79 Å². The summed E-state index contributed by atoms with van der Waals surface area (Å²) in [6, 6.07) is 12.9.